The second-order valence-corrected chi connectivity index (χ2v) is 7.88. The maximum Gasteiger partial charge on any atom is 0.0158 e. The van der Waals surface area contributed by atoms with E-state index in [4.69, 9.17) is 0 Å². The molecule has 0 spiro atoms. The van der Waals surface area contributed by atoms with E-state index in [-0.39, 0.29) is 5.41 Å². The Kier molecular flexibility index (Phi) is 3.55. The lowest BCUT2D eigenvalue weighted by Crippen LogP contribution is -2.14. The minimum atomic E-state index is 0.0368. The van der Waals surface area contributed by atoms with Crippen molar-refractivity contribution in [3.05, 3.63) is 108 Å². The Morgan fingerprint density at radius 2 is 0.852 bits per heavy atom. The van der Waals surface area contributed by atoms with Crippen LogP contribution in [0.1, 0.15) is 25.0 Å². The van der Waals surface area contributed by atoms with Crippen LogP contribution in [0.3, 0.4) is 0 Å². The summed E-state index contributed by atoms with van der Waals surface area (Å²) in [5.41, 5.74) is 10.7. The van der Waals surface area contributed by atoms with E-state index >= 15 is 0 Å². The van der Waals surface area contributed by atoms with Gasteiger partial charge in [-0.25, -0.2) is 0 Å². The Morgan fingerprint density at radius 3 is 1.26 bits per heavy atom. The number of benzene rings is 4. The standard InChI is InChI=1S/C27H22/c1-27(2)25-15-13-21(19-9-5-3-6-10-19)17-23(25)24-18-22(14-16-26(24)27)20-11-7-4-8-12-20/h3-18H,1-2H3. The molecule has 0 atom stereocenters. The zero-order valence-corrected chi connectivity index (χ0v) is 15.7. The summed E-state index contributed by atoms with van der Waals surface area (Å²) >= 11 is 0. The van der Waals surface area contributed by atoms with Gasteiger partial charge in [-0.2, -0.15) is 0 Å². The van der Waals surface area contributed by atoms with E-state index in [0.29, 0.717) is 0 Å². The van der Waals surface area contributed by atoms with Crippen LogP contribution in [0.5, 0.6) is 0 Å². The fourth-order valence-corrected chi connectivity index (χ4v) is 4.39. The first-order valence-corrected chi connectivity index (χ1v) is 9.55. The Hall–Kier alpha value is -3.12. The predicted molar refractivity (Wildman–Crippen MR) is 115 cm³/mol. The van der Waals surface area contributed by atoms with Crippen molar-refractivity contribution in [2.45, 2.75) is 19.3 Å². The van der Waals surface area contributed by atoms with Crippen LogP contribution >= 0.6 is 0 Å². The largest absolute Gasteiger partial charge is 0.0622 e. The van der Waals surface area contributed by atoms with E-state index in [1.54, 1.807) is 0 Å². The van der Waals surface area contributed by atoms with Gasteiger partial charge in [-0.1, -0.05) is 98.8 Å². The van der Waals surface area contributed by atoms with Crippen molar-refractivity contribution in [3.63, 3.8) is 0 Å². The summed E-state index contributed by atoms with van der Waals surface area (Å²) in [7, 11) is 0. The second-order valence-electron chi connectivity index (χ2n) is 7.88. The first kappa shape index (κ1) is 16.1. The Morgan fingerprint density at radius 1 is 0.444 bits per heavy atom. The molecule has 0 nitrogen and oxygen atoms in total. The van der Waals surface area contributed by atoms with Crippen molar-refractivity contribution in [1.82, 2.24) is 0 Å². The average molecular weight is 346 g/mol. The molecule has 27 heavy (non-hydrogen) atoms. The molecule has 0 saturated heterocycles. The highest BCUT2D eigenvalue weighted by atomic mass is 14.4. The third-order valence-electron chi connectivity index (χ3n) is 5.89. The van der Waals surface area contributed by atoms with Crippen molar-refractivity contribution in [2.75, 3.05) is 0 Å². The molecule has 4 aromatic rings. The van der Waals surface area contributed by atoms with Gasteiger partial charge in [0.1, 0.15) is 0 Å². The lowest BCUT2D eigenvalue weighted by atomic mass is 9.82. The van der Waals surface area contributed by atoms with E-state index in [1.165, 1.54) is 44.5 Å². The smallest absolute Gasteiger partial charge is 0.0158 e. The molecule has 0 heteroatoms. The zero-order chi connectivity index (χ0) is 18.4. The fraction of sp³-hybridized carbons (Fsp3) is 0.111. The molecule has 5 rings (SSSR count). The van der Waals surface area contributed by atoms with Crippen LogP contribution in [0.15, 0.2) is 97.1 Å². The third kappa shape index (κ3) is 2.52. The number of hydrogen-bond acceptors (Lipinski definition) is 0. The molecule has 0 radical (unpaired) electrons. The topological polar surface area (TPSA) is 0 Å². The van der Waals surface area contributed by atoms with Gasteiger partial charge in [-0.15, -0.1) is 0 Å². The van der Waals surface area contributed by atoms with Crippen LogP contribution < -0.4 is 0 Å². The lowest BCUT2D eigenvalue weighted by molar-refractivity contribution is 0.660. The summed E-state index contributed by atoms with van der Waals surface area (Å²) in [6.45, 7) is 4.67. The van der Waals surface area contributed by atoms with Gasteiger partial charge in [-0.05, 0) is 56.6 Å². The highest BCUT2D eigenvalue weighted by Crippen LogP contribution is 2.50. The number of rotatable bonds is 2. The Bertz CT molecular complexity index is 1030. The first-order valence-electron chi connectivity index (χ1n) is 9.55. The van der Waals surface area contributed by atoms with E-state index in [9.17, 15) is 0 Å². The highest BCUT2D eigenvalue weighted by Gasteiger charge is 2.35. The van der Waals surface area contributed by atoms with Crippen LogP contribution in [-0.4, -0.2) is 0 Å². The average Bonchev–Trinajstić information content (AvgIpc) is 2.96. The van der Waals surface area contributed by atoms with Crippen LogP contribution in [-0.2, 0) is 5.41 Å². The summed E-state index contributed by atoms with van der Waals surface area (Å²) < 4.78 is 0. The van der Waals surface area contributed by atoms with Crippen LogP contribution in [0.25, 0.3) is 33.4 Å². The molecule has 4 aromatic carbocycles. The molecule has 0 bridgehead atoms. The Balaban J connectivity index is 1.71. The third-order valence-corrected chi connectivity index (χ3v) is 5.89. The molecule has 1 aliphatic rings. The van der Waals surface area contributed by atoms with Crippen molar-refractivity contribution in [1.29, 1.82) is 0 Å². The maximum atomic E-state index is 2.37. The molecule has 0 fully saturated rings. The van der Waals surface area contributed by atoms with Gasteiger partial charge in [0.05, 0.1) is 0 Å². The minimum absolute atomic E-state index is 0.0368. The summed E-state index contributed by atoms with van der Waals surface area (Å²) in [5, 5.41) is 0. The van der Waals surface area contributed by atoms with Gasteiger partial charge in [0.2, 0.25) is 0 Å². The monoisotopic (exact) mass is 346 g/mol. The predicted octanol–water partition coefficient (Wildman–Crippen LogP) is 7.33. The van der Waals surface area contributed by atoms with Crippen LogP contribution in [0, 0.1) is 0 Å². The van der Waals surface area contributed by atoms with Gasteiger partial charge in [0.25, 0.3) is 0 Å². The summed E-state index contributed by atoms with van der Waals surface area (Å²) in [6.07, 6.45) is 0. The molecule has 0 unspecified atom stereocenters. The van der Waals surface area contributed by atoms with Crippen LogP contribution in [0.4, 0.5) is 0 Å². The van der Waals surface area contributed by atoms with Gasteiger partial charge in [-0.3, -0.25) is 0 Å². The first-order chi connectivity index (χ1) is 13.1. The van der Waals surface area contributed by atoms with Crippen molar-refractivity contribution >= 4 is 0 Å². The molecule has 0 N–H and O–H groups in total. The maximum absolute atomic E-state index is 2.37. The molecule has 0 amide bonds. The van der Waals surface area contributed by atoms with Crippen LogP contribution in [0.2, 0.25) is 0 Å². The van der Waals surface area contributed by atoms with Crippen molar-refractivity contribution < 1.29 is 0 Å². The SMILES string of the molecule is CC1(C)c2ccc(-c3ccccc3)cc2-c2cc(-c3ccccc3)ccc21. The second kappa shape index (κ2) is 5.96. The summed E-state index contributed by atoms with van der Waals surface area (Å²) in [4.78, 5) is 0. The van der Waals surface area contributed by atoms with E-state index in [2.05, 4.69) is 111 Å². The van der Waals surface area contributed by atoms with Gasteiger partial charge in [0, 0.05) is 5.41 Å². The Labute approximate surface area is 161 Å². The molecular formula is C27H22. The van der Waals surface area contributed by atoms with E-state index in [1.807, 2.05) is 0 Å². The van der Waals surface area contributed by atoms with E-state index in [0.717, 1.165) is 0 Å². The molecule has 0 saturated carbocycles. The quantitative estimate of drug-likeness (QED) is 0.356. The van der Waals surface area contributed by atoms with Gasteiger partial charge >= 0.3 is 0 Å². The highest BCUT2D eigenvalue weighted by molar-refractivity contribution is 5.87. The molecular weight excluding hydrogens is 324 g/mol. The molecule has 1 aliphatic carbocycles. The fourth-order valence-electron chi connectivity index (χ4n) is 4.39. The van der Waals surface area contributed by atoms with E-state index < -0.39 is 0 Å². The molecule has 0 aliphatic heterocycles. The lowest BCUT2D eigenvalue weighted by Gasteiger charge is -2.21. The van der Waals surface area contributed by atoms with Gasteiger partial charge < -0.3 is 0 Å². The molecule has 130 valence electrons. The number of fused-ring (bicyclic) bond motifs is 3. The molecule has 0 heterocycles. The van der Waals surface area contributed by atoms with Gasteiger partial charge in [0.15, 0.2) is 0 Å². The normalized spacial score (nSPS) is 13.9. The van der Waals surface area contributed by atoms with Crippen molar-refractivity contribution in [2.24, 2.45) is 0 Å². The summed E-state index contributed by atoms with van der Waals surface area (Å²) in [6, 6.07) is 35.2. The van der Waals surface area contributed by atoms with Crippen molar-refractivity contribution in [3.8, 4) is 33.4 Å². The number of hydrogen-bond donors (Lipinski definition) is 0. The summed E-state index contributed by atoms with van der Waals surface area (Å²) in [5.74, 6) is 0. The zero-order valence-electron chi connectivity index (χ0n) is 15.7. The molecule has 0 aromatic heterocycles. The minimum Gasteiger partial charge on any atom is -0.0622 e.